The van der Waals surface area contributed by atoms with Crippen molar-refractivity contribution >= 4 is 5.65 Å². The minimum Gasteiger partial charge on any atom is -0.309 e. The highest BCUT2D eigenvalue weighted by Crippen LogP contribution is 2.30. The fourth-order valence-corrected chi connectivity index (χ4v) is 4.03. The molecule has 4 heteroatoms. The number of imidazole rings is 1. The monoisotopic (exact) mass is 284 g/mol. The van der Waals surface area contributed by atoms with E-state index in [4.69, 9.17) is 4.98 Å². The van der Waals surface area contributed by atoms with Crippen molar-refractivity contribution in [2.24, 2.45) is 0 Å². The van der Waals surface area contributed by atoms with Crippen LogP contribution in [0.5, 0.6) is 0 Å². The van der Waals surface area contributed by atoms with Gasteiger partial charge in [-0.25, -0.2) is 4.98 Å². The molecule has 2 aromatic rings. The Morgan fingerprint density at radius 3 is 2.95 bits per heavy atom. The van der Waals surface area contributed by atoms with Gasteiger partial charge in [-0.1, -0.05) is 25.3 Å². The minimum absolute atomic E-state index is 0.385. The summed E-state index contributed by atoms with van der Waals surface area (Å²) in [5.41, 5.74) is 2.62. The van der Waals surface area contributed by atoms with Gasteiger partial charge in [0.25, 0.3) is 0 Å². The molecule has 2 fully saturated rings. The quantitative estimate of drug-likeness (QED) is 0.919. The average molecular weight is 284 g/mol. The minimum atomic E-state index is 0.385. The van der Waals surface area contributed by atoms with Crippen LogP contribution < -0.4 is 5.32 Å². The molecule has 1 aliphatic heterocycles. The summed E-state index contributed by atoms with van der Waals surface area (Å²) in [6.45, 7) is 4.41. The van der Waals surface area contributed by atoms with Gasteiger partial charge in [0.05, 0.1) is 5.69 Å². The van der Waals surface area contributed by atoms with Gasteiger partial charge in [-0.05, 0) is 25.0 Å². The van der Waals surface area contributed by atoms with E-state index in [1.54, 1.807) is 0 Å². The van der Waals surface area contributed by atoms with E-state index in [2.05, 4.69) is 39.1 Å². The third kappa shape index (κ3) is 2.70. The van der Waals surface area contributed by atoms with E-state index in [0.717, 1.165) is 25.3 Å². The molecule has 0 unspecified atom stereocenters. The van der Waals surface area contributed by atoms with Crippen molar-refractivity contribution in [2.75, 3.05) is 19.6 Å². The first-order valence-electron chi connectivity index (χ1n) is 8.23. The number of nitrogens with zero attached hydrogens (tertiary/aromatic N) is 3. The number of pyridine rings is 1. The molecular weight excluding hydrogens is 260 g/mol. The molecule has 1 spiro atoms. The maximum Gasteiger partial charge on any atom is 0.137 e. The molecule has 0 aromatic carbocycles. The van der Waals surface area contributed by atoms with Crippen LogP contribution in [-0.2, 0) is 6.54 Å². The van der Waals surface area contributed by atoms with Crippen LogP contribution in [0, 0.1) is 0 Å². The van der Waals surface area contributed by atoms with Crippen molar-refractivity contribution in [3.05, 3.63) is 36.3 Å². The van der Waals surface area contributed by atoms with Gasteiger partial charge in [0.2, 0.25) is 0 Å². The molecule has 4 rings (SSSR count). The van der Waals surface area contributed by atoms with Crippen LogP contribution in [0.1, 0.15) is 37.8 Å². The molecular formula is C17H24N4. The largest absolute Gasteiger partial charge is 0.309 e. The van der Waals surface area contributed by atoms with Gasteiger partial charge in [0.1, 0.15) is 5.65 Å². The zero-order valence-electron chi connectivity index (χ0n) is 12.6. The average Bonchev–Trinajstić information content (AvgIpc) is 2.90. The van der Waals surface area contributed by atoms with Crippen molar-refractivity contribution in [2.45, 2.75) is 44.2 Å². The molecule has 1 N–H and O–H groups in total. The highest BCUT2D eigenvalue weighted by molar-refractivity contribution is 5.39. The number of aromatic nitrogens is 2. The molecule has 4 nitrogen and oxygen atoms in total. The lowest BCUT2D eigenvalue weighted by Gasteiger charge is -2.46. The molecule has 3 heterocycles. The van der Waals surface area contributed by atoms with E-state index in [1.165, 1.54) is 44.3 Å². The standard InChI is InChI=1S/C17H24N4/c1-3-7-17(8-4-1)14-20(11-9-18-17)12-15-13-21-10-5-2-6-16(21)19-15/h2,5-6,10,13,18H,1,3-4,7-9,11-12,14H2. The van der Waals surface area contributed by atoms with Crippen molar-refractivity contribution < 1.29 is 0 Å². The topological polar surface area (TPSA) is 32.6 Å². The second-order valence-electron chi connectivity index (χ2n) is 6.68. The summed E-state index contributed by atoms with van der Waals surface area (Å²) in [7, 11) is 0. The zero-order chi connectivity index (χ0) is 14.1. The highest BCUT2D eigenvalue weighted by Gasteiger charge is 2.36. The fraction of sp³-hybridized carbons (Fsp3) is 0.588. The van der Waals surface area contributed by atoms with Gasteiger partial charge in [-0.2, -0.15) is 0 Å². The predicted molar refractivity (Wildman–Crippen MR) is 84.3 cm³/mol. The summed E-state index contributed by atoms with van der Waals surface area (Å²) in [6, 6.07) is 6.18. The van der Waals surface area contributed by atoms with Crippen molar-refractivity contribution in [3.63, 3.8) is 0 Å². The fourth-order valence-electron chi connectivity index (χ4n) is 4.03. The molecule has 0 bridgehead atoms. The first-order valence-corrected chi connectivity index (χ1v) is 8.23. The molecule has 1 saturated heterocycles. The highest BCUT2D eigenvalue weighted by atomic mass is 15.2. The van der Waals surface area contributed by atoms with E-state index in [9.17, 15) is 0 Å². The number of nitrogens with one attached hydrogen (secondary N) is 1. The molecule has 0 atom stereocenters. The van der Waals surface area contributed by atoms with E-state index in [0.29, 0.717) is 5.54 Å². The van der Waals surface area contributed by atoms with Gasteiger partial charge >= 0.3 is 0 Å². The van der Waals surface area contributed by atoms with Crippen molar-refractivity contribution in [3.8, 4) is 0 Å². The molecule has 1 aliphatic carbocycles. The van der Waals surface area contributed by atoms with Crippen molar-refractivity contribution in [1.82, 2.24) is 19.6 Å². The van der Waals surface area contributed by atoms with E-state index in [-0.39, 0.29) is 0 Å². The van der Waals surface area contributed by atoms with E-state index >= 15 is 0 Å². The molecule has 0 radical (unpaired) electrons. The van der Waals surface area contributed by atoms with Gasteiger partial charge in [0, 0.05) is 44.1 Å². The lowest BCUT2D eigenvalue weighted by atomic mass is 9.80. The number of fused-ring (bicyclic) bond motifs is 1. The Balaban J connectivity index is 1.48. The smallest absolute Gasteiger partial charge is 0.137 e. The van der Waals surface area contributed by atoms with Gasteiger partial charge in [0.15, 0.2) is 0 Å². The van der Waals surface area contributed by atoms with Crippen LogP contribution in [0.25, 0.3) is 5.65 Å². The van der Waals surface area contributed by atoms with Crippen LogP contribution in [0.15, 0.2) is 30.6 Å². The summed E-state index contributed by atoms with van der Waals surface area (Å²) >= 11 is 0. The lowest BCUT2D eigenvalue weighted by Crippen LogP contribution is -2.60. The first kappa shape index (κ1) is 13.3. The Bertz CT molecular complexity index is 574. The number of piperazine rings is 1. The Morgan fingerprint density at radius 1 is 1.19 bits per heavy atom. The molecule has 21 heavy (non-hydrogen) atoms. The zero-order valence-corrected chi connectivity index (χ0v) is 12.6. The van der Waals surface area contributed by atoms with Gasteiger partial charge in [-0.3, -0.25) is 4.90 Å². The third-order valence-electron chi connectivity index (χ3n) is 5.06. The van der Waals surface area contributed by atoms with Crippen molar-refractivity contribution in [1.29, 1.82) is 0 Å². The first-order chi connectivity index (χ1) is 10.3. The number of rotatable bonds is 2. The van der Waals surface area contributed by atoms with E-state index in [1.807, 2.05) is 6.07 Å². The summed E-state index contributed by atoms with van der Waals surface area (Å²) in [5, 5.41) is 3.81. The van der Waals surface area contributed by atoms with Gasteiger partial charge in [-0.15, -0.1) is 0 Å². The molecule has 2 aliphatic rings. The van der Waals surface area contributed by atoms with E-state index < -0.39 is 0 Å². The Kier molecular flexibility index (Phi) is 3.43. The van der Waals surface area contributed by atoms with Crippen LogP contribution in [0.2, 0.25) is 0 Å². The van der Waals surface area contributed by atoms with Crippen LogP contribution in [0.3, 0.4) is 0 Å². The summed E-state index contributed by atoms with van der Waals surface area (Å²) in [6.07, 6.45) is 11.1. The van der Waals surface area contributed by atoms with Gasteiger partial charge < -0.3 is 9.72 Å². The molecule has 1 saturated carbocycles. The van der Waals surface area contributed by atoms with Crippen LogP contribution in [-0.4, -0.2) is 39.5 Å². The predicted octanol–water partition coefficient (Wildman–Crippen LogP) is 2.44. The SMILES string of the molecule is c1ccn2cc(CN3CCNC4(CCCCC4)C3)nc2c1. The normalized spacial score (nSPS) is 22.9. The maximum absolute atomic E-state index is 4.74. The lowest BCUT2D eigenvalue weighted by molar-refractivity contribution is 0.0937. The Morgan fingerprint density at radius 2 is 2.10 bits per heavy atom. The summed E-state index contributed by atoms with van der Waals surface area (Å²) < 4.78 is 2.12. The second-order valence-corrected chi connectivity index (χ2v) is 6.68. The maximum atomic E-state index is 4.74. The van der Waals surface area contributed by atoms with Crippen LogP contribution >= 0.6 is 0 Å². The summed E-state index contributed by atoms with van der Waals surface area (Å²) in [4.78, 5) is 7.33. The number of hydrogen-bond donors (Lipinski definition) is 1. The number of hydrogen-bond acceptors (Lipinski definition) is 3. The molecule has 0 amide bonds. The molecule has 2 aromatic heterocycles. The Labute approximate surface area is 126 Å². The third-order valence-corrected chi connectivity index (χ3v) is 5.06. The molecule has 112 valence electrons. The second kappa shape index (κ2) is 5.43. The Hall–Kier alpha value is -1.39. The van der Waals surface area contributed by atoms with Crippen LogP contribution in [0.4, 0.5) is 0 Å². The summed E-state index contributed by atoms with van der Waals surface area (Å²) in [5.74, 6) is 0.